The van der Waals surface area contributed by atoms with Crippen molar-refractivity contribution >= 4 is 0 Å². The van der Waals surface area contributed by atoms with Crippen LogP contribution in [0.5, 0.6) is 0 Å². The molecule has 0 spiro atoms. The molecule has 0 atom stereocenters. The second-order valence-corrected chi connectivity index (χ2v) is 0. The SMILES string of the molecule is [Ag+].[Ag+].[Mn+2].[O-2].[O-2]. The molecule has 41 valence electrons. The zero-order valence-electron chi connectivity index (χ0n) is 1.80. The molecule has 0 fully saturated rings. The summed E-state index contributed by atoms with van der Waals surface area (Å²) in [6.07, 6.45) is 0. The van der Waals surface area contributed by atoms with Gasteiger partial charge in [0.15, 0.2) is 0 Å². The van der Waals surface area contributed by atoms with Gasteiger partial charge in [-0.05, 0) is 0 Å². The van der Waals surface area contributed by atoms with Crippen molar-refractivity contribution in [1.82, 2.24) is 0 Å². The van der Waals surface area contributed by atoms with Crippen LogP contribution in [0.2, 0.25) is 0 Å². The van der Waals surface area contributed by atoms with Crippen LogP contribution in [0.3, 0.4) is 0 Å². The van der Waals surface area contributed by atoms with Crippen LogP contribution < -0.4 is 0 Å². The van der Waals surface area contributed by atoms with Crippen LogP contribution in [0.15, 0.2) is 0 Å². The van der Waals surface area contributed by atoms with Crippen LogP contribution in [-0.4, -0.2) is 0 Å². The molecule has 0 aliphatic carbocycles. The molecule has 0 amide bonds. The van der Waals surface area contributed by atoms with Gasteiger partial charge in [0.1, 0.15) is 0 Å². The second-order valence-electron chi connectivity index (χ2n) is 0. The maximum absolute atomic E-state index is 0. The van der Waals surface area contributed by atoms with Crippen molar-refractivity contribution in [2.75, 3.05) is 0 Å². The van der Waals surface area contributed by atoms with E-state index in [0.29, 0.717) is 0 Å². The molecule has 0 bridgehead atoms. The molecule has 2 nitrogen and oxygen atoms in total. The van der Waals surface area contributed by atoms with E-state index in [1.165, 1.54) is 0 Å². The van der Waals surface area contributed by atoms with Crippen molar-refractivity contribution in [1.29, 1.82) is 0 Å². The van der Waals surface area contributed by atoms with Gasteiger partial charge in [-0.15, -0.1) is 0 Å². The van der Waals surface area contributed by atoms with Gasteiger partial charge >= 0.3 is 61.8 Å². The maximum Gasteiger partial charge on any atom is 2.00 e. The van der Waals surface area contributed by atoms with E-state index >= 15 is 0 Å². The van der Waals surface area contributed by atoms with Gasteiger partial charge in [-0.25, -0.2) is 0 Å². The van der Waals surface area contributed by atoms with Crippen LogP contribution in [0.1, 0.15) is 0 Å². The quantitative estimate of drug-likeness (QED) is 0.555. The van der Waals surface area contributed by atoms with Crippen LogP contribution in [0, 0.1) is 0 Å². The van der Waals surface area contributed by atoms with E-state index in [1.807, 2.05) is 0 Å². The van der Waals surface area contributed by atoms with Crippen molar-refractivity contribution in [2.45, 2.75) is 0 Å². The first kappa shape index (κ1) is 65.8. The number of hydrogen-bond acceptors (Lipinski definition) is 0. The molecule has 0 saturated heterocycles. The van der Waals surface area contributed by atoms with Gasteiger partial charge in [0.2, 0.25) is 0 Å². The predicted molar refractivity (Wildman–Crippen MR) is 1.37 cm³/mol. The standard InChI is InChI=1S/2Ag.Mn.2O/q2*+1;+2;2*-2. The van der Waals surface area contributed by atoms with E-state index in [1.54, 1.807) is 0 Å². The Morgan fingerprint density at radius 2 is 0.600 bits per heavy atom. The minimum absolute atomic E-state index is 0. The zero-order chi connectivity index (χ0) is 0. The summed E-state index contributed by atoms with van der Waals surface area (Å²) in [6.45, 7) is 0. The first-order valence-electron chi connectivity index (χ1n) is 0. The molecule has 5 heavy (non-hydrogen) atoms. The Balaban J connectivity index is 0. The van der Waals surface area contributed by atoms with Crippen molar-refractivity contribution in [2.24, 2.45) is 0 Å². The first-order valence-corrected chi connectivity index (χ1v) is 0. The summed E-state index contributed by atoms with van der Waals surface area (Å²) in [5.41, 5.74) is 0. The maximum atomic E-state index is 0. The third kappa shape index (κ3) is 24.7. The van der Waals surface area contributed by atoms with Crippen LogP contribution in [-0.2, 0) is 72.8 Å². The largest absolute Gasteiger partial charge is 2.00 e. The summed E-state index contributed by atoms with van der Waals surface area (Å²) in [7, 11) is 0. The Morgan fingerprint density at radius 3 is 0.600 bits per heavy atom. The summed E-state index contributed by atoms with van der Waals surface area (Å²) in [6, 6.07) is 0. The summed E-state index contributed by atoms with van der Waals surface area (Å²) in [5, 5.41) is 0. The topological polar surface area (TPSA) is 57.0 Å². The van der Waals surface area contributed by atoms with E-state index < -0.39 is 0 Å². The molecule has 0 aliphatic rings. The predicted octanol–water partition coefficient (Wildman–Crippen LogP) is -0.245. The minimum Gasteiger partial charge on any atom is -2.00 e. The molecular formula is Ag2MnO2. The Morgan fingerprint density at radius 1 is 0.600 bits per heavy atom. The fraction of sp³-hybridized carbons (Fsp3) is 0. The molecule has 1 radical (unpaired) electrons. The first-order chi connectivity index (χ1) is 0. The molecule has 0 aliphatic heterocycles. The van der Waals surface area contributed by atoms with Gasteiger partial charge in [-0.1, -0.05) is 0 Å². The summed E-state index contributed by atoms with van der Waals surface area (Å²) >= 11 is 0. The summed E-state index contributed by atoms with van der Waals surface area (Å²) in [5.74, 6) is 0. The van der Waals surface area contributed by atoms with Crippen molar-refractivity contribution in [3.05, 3.63) is 0 Å². The Kier molecular flexibility index (Phi) is 511. The fourth-order valence-electron chi connectivity index (χ4n) is 0. The molecule has 0 aromatic rings. The van der Waals surface area contributed by atoms with Gasteiger partial charge in [0, 0.05) is 0 Å². The van der Waals surface area contributed by atoms with E-state index in [9.17, 15) is 0 Å². The molecule has 0 aromatic carbocycles. The third-order valence-corrected chi connectivity index (χ3v) is 0. The Hall–Kier alpha value is 1.92. The normalized spacial score (nSPS) is 0. The van der Waals surface area contributed by atoms with Gasteiger partial charge in [0.05, 0.1) is 0 Å². The number of rotatable bonds is 0. The van der Waals surface area contributed by atoms with E-state index in [-0.39, 0.29) is 72.8 Å². The van der Waals surface area contributed by atoms with Crippen LogP contribution >= 0.6 is 0 Å². The van der Waals surface area contributed by atoms with Gasteiger partial charge in [-0.2, -0.15) is 0 Å². The molecular weight excluding hydrogens is 303 g/mol. The molecule has 0 saturated carbocycles. The molecule has 0 unspecified atom stereocenters. The third-order valence-electron chi connectivity index (χ3n) is 0. The average molecular weight is 303 g/mol. The summed E-state index contributed by atoms with van der Waals surface area (Å²) < 4.78 is 0. The van der Waals surface area contributed by atoms with Crippen LogP contribution in [0.25, 0.3) is 0 Å². The minimum atomic E-state index is 0. The molecule has 5 heteroatoms. The smallest absolute Gasteiger partial charge is 2.00 e. The average Bonchev–Trinajstić information content (AvgIpc) is 0. The molecule has 0 aromatic heterocycles. The van der Waals surface area contributed by atoms with Gasteiger partial charge in [0.25, 0.3) is 0 Å². The van der Waals surface area contributed by atoms with E-state index in [4.69, 9.17) is 0 Å². The van der Waals surface area contributed by atoms with Crippen molar-refractivity contribution in [3.8, 4) is 0 Å². The fourth-order valence-corrected chi connectivity index (χ4v) is 0. The molecule has 0 rings (SSSR count). The van der Waals surface area contributed by atoms with Crippen molar-refractivity contribution < 1.29 is 72.8 Å². The Bertz CT molecular complexity index is 7.61. The second kappa shape index (κ2) is 38.9. The zero-order valence-corrected chi connectivity index (χ0v) is 5.94. The van der Waals surface area contributed by atoms with Crippen molar-refractivity contribution in [3.63, 3.8) is 0 Å². The monoisotopic (exact) mass is 301 g/mol. The van der Waals surface area contributed by atoms with E-state index in [0.717, 1.165) is 0 Å². The summed E-state index contributed by atoms with van der Waals surface area (Å²) in [4.78, 5) is 0. The van der Waals surface area contributed by atoms with Crippen LogP contribution in [0.4, 0.5) is 0 Å². The van der Waals surface area contributed by atoms with Gasteiger partial charge in [-0.3, -0.25) is 0 Å². The molecule has 0 N–H and O–H groups in total. The number of hydrogen-bond donors (Lipinski definition) is 0. The van der Waals surface area contributed by atoms with E-state index in [2.05, 4.69) is 0 Å². The Labute approximate surface area is 72.2 Å². The van der Waals surface area contributed by atoms with Gasteiger partial charge < -0.3 is 11.0 Å². The molecule has 0 heterocycles.